The van der Waals surface area contributed by atoms with Crippen molar-refractivity contribution in [1.29, 1.82) is 0 Å². The van der Waals surface area contributed by atoms with Gasteiger partial charge in [-0.3, -0.25) is 25.0 Å². The SMILES string of the molecule is CC(C)(C)OC(=O)NC(=Nc1ccc2c(c1)[C@H](NCC(=O)NC[C@@H](C(=O)Nc1c(Cl)cc(-c3ccccc3)cc1Cl)C(=O)OCc1ccccc1)CCO2)NC(=O)OC(C)(C)C. The Morgan fingerprint density at radius 3 is 1.98 bits per heavy atom. The molecule has 4 aromatic rings. The summed E-state index contributed by atoms with van der Waals surface area (Å²) in [4.78, 5) is 70.3. The minimum atomic E-state index is -1.48. The molecular weight excluding hydrogens is 839 g/mol. The number of rotatable bonds is 12. The number of guanidine groups is 1. The van der Waals surface area contributed by atoms with E-state index in [4.69, 9.17) is 42.1 Å². The second-order valence-electron chi connectivity index (χ2n) is 16.1. The highest BCUT2D eigenvalue weighted by Gasteiger charge is 2.31. The fraction of sp³-hybridized carbons (Fsp3) is 0.333. The molecule has 0 bridgehead atoms. The number of carbonyl (C=O) groups excluding carboxylic acids is 5. The number of hydrogen-bond acceptors (Lipinski definition) is 11. The average molecular weight is 890 g/mol. The first-order chi connectivity index (χ1) is 29.3. The van der Waals surface area contributed by atoms with Crippen LogP contribution >= 0.6 is 23.2 Å². The number of anilines is 1. The second kappa shape index (κ2) is 21.1. The third kappa shape index (κ3) is 14.5. The smallest absolute Gasteiger partial charge is 0.414 e. The van der Waals surface area contributed by atoms with Crippen molar-refractivity contribution in [3.63, 3.8) is 0 Å². The fourth-order valence-electron chi connectivity index (χ4n) is 5.99. The van der Waals surface area contributed by atoms with Gasteiger partial charge in [0.15, 0.2) is 5.92 Å². The Morgan fingerprint density at radius 2 is 1.39 bits per heavy atom. The van der Waals surface area contributed by atoms with E-state index in [1.165, 1.54) is 0 Å². The van der Waals surface area contributed by atoms with Crippen molar-refractivity contribution < 1.29 is 42.9 Å². The van der Waals surface area contributed by atoms with Crippen LogP contribution in [-0.2, 0) is 35.2 Å². The van der Waals surface area contributed by atoms with Gasteiger partial charge in [0.2, 0.25) is 17.8 Å². The van der Waals surface area contributed by atoms with Crippen molar-refractivity contribution in [2.45, 2.75) is 71.8 Å². The maximum Gasteiger partial charge on any atom is 0.414 e. The molecule has 0 spiro atoms. The van der Waals surface area contributed by atoms with Gasteiger partial charge in [0.25, 0.3) is 0 Å². The number of alkyl carbamates (subject to hydrolysis) is 2. The molecule has 2 atom stereocenters. The maximum atomic E-state index is 13.7. The summed E-state index contributed by atoms with van der Waals surface area (Å²) in [5.74, 6) is -3.38. The third-order valence-electron chi connectivity index (χ3n) is 8.75. The van der Waals surface area contributed by atoms with Crippen LogP contribution in [0.2, 0.25) is 10.0 Å². The molecule has 0 aliphatic carbocycles. The average Bonchev–Trinajstić information content (AvgIpc) is 3.19. The molecule has 17 heteroatoms. The maximum absolute atomic E-state index is 13.7. The molecule has 1 aliphatic rings. The Labute approximate surface area is 370 Å². The van der Waals surface area contributed by atoms with Crippen molar-refractivity contribution in [2.24, 2.45) is 10.9 Å². The Balaban J connectivity index is 1.28. The Bertz CT molecular complexity index is 2220. The van der Waals surface area contributed by atoms with Gasteiger partial charge in [-0.15, -0.1) is 0 Å². The van der Waals surface area contributed by atoms with E-state index in [9.17, 15) is 24.0 Å². The van der Waals surface area contributed by atoms with E-state index in [0.29, 0.717) is 35.6 Å². The summed E-state index contributed by atoms with van der Waals surface area (Å²) in [5, 5.41) is 13.7. The number of halogens is 2. The Hall–Kier alpha value is -6.16. The quantitative estimate of drug-likeness (QED) is 0.0304. The van der Waals surface area contributed by atoms with Gasteiger partial charge in [-0.25, -0.2) is 14.6 Å². The standard InChI is InChI=1S/C45H50Cl2N6O9/c1-44(2,3)61-42(57)52-41(53-43(58)62-45(4,5)6)50-30-17-18-36-31(23-30)35(19-20-59-36)48-25-37(54)49-24-32(40(56)60-26-27-13-9-7-10-14-27)39(55)51-38-33(46)21-29(22-34(38)47)28-15-11-8-12-16-28/h7-18,21-23,32,35,48H,19-20,24-26H2,1-6H3,(H,49,54)(H,51,55)(H2,50,52,53,57,58)/t32-,35+/m0/s1. The lowest BCUT2D eigenvalue weighted by atomic mass is 10.00. The van der Waals surface area contributed by atoms with E-state index >= 15 is 0 Å². The van der Waals surface area contributed by atoms with Gasteiger partial charge >= 0.3 is 18.2 Å². The number of amides is 4. The van der Waals surface area contributed by atoms with Crippen LogP contribution in [0, 0.1) is 5.92 Å². The van der Waals surface area contributed by atoms with Gasteiger partial charge in [-0.1, -0.05) is 83.9 Å². The highest BCUT2D eigenvalue weighted by Crippen LogP contribution is 2.37. The third-order valence-corrected chi connectivity index (χ3v) is 9.34. The van der Waals surface area contributed by atoms with E-state index in [1.807, 2.05) is 36.4 Å². The first kappa shape index (κ1) is 46.9. The van der Waals surface area contributed by atoms with Gasteiger partial charge in [0, 0.05) is 24.6 Å². The normalized spacial score (nSPS) is 13.8. The summed E-state index contributed by atoms with van der Waals surface area (Å²) in [6.07, 6.45) is -1.24. The second-order valence-corrected chi connectivity index (χ2v) is 16.9. The largest absolute Gasteiger partial charge is 0.493 e. The van der Waals surface area contributed by atoms with Crippen LogP contribution < -0.4 is 31.3 Å². The summed E-state index contributed by atoms with van der Waals surface area (Å²) in [5.41, 5.74) is 1.71. The highest BCUT2D eigenvalue weighted by molar-refractivity contribution is 6.40. The van der Waals surface area contributed by atoms with Gasteiger partial charge in [-0.2, -0.15) is 0 Å². The number of nitrogens with one attached hydrogen (secondary N) is 5. The Morgan fingerprint density at radius 1 is 0.790 bits per heavy atom. The van der Waals surface area contributed by atoms with Crippen molar-refractivity contribution >= 4 is 70.5 Å². The molecule has 0 saturated carbocycles. The number of benzene rings is 4. The number of fused-ring (bicyclic) bond motifs is 1. The molecule has 4 aromatic carbocycles. The van der Waals surface area contributed by atoms with E-state index in [1.54, 1.807) is 96.1 Å². The van der Waals surface area contributed by atoms with Gasteiger partial charge < -0.3 is 34.9 Å². The van der Waals surface area contributed by atoms with Crippen molar-refractivity contribution in [3.05, 3.63) is 112 Å². The first-order valence-corrected chi connectivity index (χ1v) is 20.5. The van der Waals surface area contributed by atoms with Crippen LogP contribution in [0.25, 0.3) is 11.1 Å². The number of hydrogen-bond donors (Lipinski definition) is 5. The summed E-state index contributed by atoms with van der Waals surface area (Å²) < 4.78 is 22.1. The summed E-state index contributed by atoms with van der Waals surface area (Å²) in [6, 6.07) is 26.2. The number of aliphatic imine (C=N–C) groups is 1. The molecule has 1 aliphatic heterocycles. The van der Waals surface area contributed by atoms with Crippen molar-refractivity contribution in [3.8, 4) is 16.9 Å². The van der Waals surface area contributed by atoms with E-state index in [0.717, 1.165) is 11.1 Å². The van der Waals surface area contributed by atoms with Crippen LogP contribution in [-0.4, -0.2) is 66.8 Å². The van der Waals surface area contributed by atoms with E-state index in [2.05, 4.69) is 31.6 Å². The molecule has 0 saturated heterocycles. The minimum absolute atomic E-state index is 0.0992. The minimum Gasteiger partial charge on any atom is -0.493 e. The van der Waals surface area contributed by atoms with Crippen LogP contribution in [0.3, 0.4) is 0 Å². The molecule has 0 unspecified atom stereocenters. The van der Waals surface area contributed by atoms with Gasteiger partial charge in [-0.05, 0) is 88.6 Å². The molecule has 5 rings (SSSR count). The van der Waals surface area contributed by atoms with Gasteiger partial charge in [0.05, 0.1) is 34.6 Å². The van der Waals surface area contributed by atoms with E-state index < -0.39 is 59.7 Å². The van der Waals surface area contributed by atoms with Crippen molar-refractivity contribution in [1.82, 2.24) is 21.3 Å². The summed E-state index contributed by atoms with van der Waals surface area (Å²) in [6.45, 7) is 9.78. The first-order valence-electron chi connectivity index (χ1n) is 19.7. The molecule has 328 valence electrons. The van der Waals surface area contributed by atoms with E-state index in [-0.39, 0.29) is 34.8 Å². The summed E-state index contributed by atoms with van der Waals surface area (Å²) >= 11 is 13.2. The van der Waals surface area contributed by atoms with Crippen LogP contribution in [0.15, 0.2) is 96.0 Å². The molecule has 62 heavy (non-hydrogen) atoms. The molecule has 0 radical (unpaired) electrons. The predicted octanol–water partition coefficient (Wildman–Crippen LogP) is 8.23. The number of nitrogens with zero attached hydrogens (tertiary/aromatic N) is 1. The lowest BCUT2D eigenvalue weighted by molar-refractivity contribution is -0.152. The molecule has 4 amide bonds. The number of ether oxygens (including phenoxy) is 4. The monoisotopic (exact) mass is 888 g/mol. The fourth-order valence-corrected chi connectivity index (χ4v) is 6.57. The number of carbonyl (C=O) groups is 5. The molecule has 0 fully saturated rings. The Kier molecular flexibility index (Phi) is 15.9. The van der Waals surface area contributed by atoms with Gasteiger partial charge in [0.1, 0.15) is 23.6 Å². The molecule has 15 nitrogen and oxygen atoms in total. The zero-order valence-electron chi connectivity index (χ0n) is 35.2. The van der Waals surface area contributed by atoms with Crippen LogP contribution in [0.5, 0.6) is 5.75 Å². The van der Waals surface area contributed by atoms with Crippen LogP contribution in [0.1, 0.15) is 65.1 Å². The molecule has 0 aromatic heterocycles. The topological polar surface area (TPSA) is 195 Å². The number of esters is 1. The van der Waals surface area contributed by atoms with Crippen molar-refractivity contribution in [2.75, 3.05) is 25.0 Å². The lowest BCUT2D eigenvalue weighted by Crippen LogP contribution is -2.47. The molecular formula is C45H50Cl2N6O9. The molecule has 5 N–H and O–H groups in total. The van der Waals surface area contributed by atoms with Crippen LogP contribution in [0.4, 0.5) is 21.0 Å². The zero-order chi connectivity index (χ0) is 45.0. The predicted molar refractivity (Wildman–Crippen MR) is 236 cm³/mol. The lowest BCUT2D eigenvalue weighted by Gasteiger charge is -2.27. The molecule has 1 heterocycles. The highest BCUT2D eigenvalue weighted by atomic mass is 35.5. The zero-order valence-corrected chi connectivity index (χ0v) is 36.7. The summed E-state index contributed by atoms with van der Waals surface area (Å²) in [7, 11) is 0.